The molecule has 0 bridgehead atoms. The quantitative estimate of drug-likeness (QED) is 0.712. The lowest BCUT2D eigenvalue weighted by atomic mass is 9.92. The first-order chi connectivity index (χ1) is 13.2. The van der Waals surface area contributed by atoms with Crippen molar-refractivity contribution in [1.29, 1.82) is 0 Å². The van der Waals surface area contributed by atoms with Gasteiger partial charge in [-0.25, -0.2) is 4.98 Å². The van der Waals surface area contributed by atoms with Gasteiger partial charge < -0.3 is 16.0 Å². The Labute approximate surface area is 162 Å². The summed E-state index contributed by atoms with van der Waals surface area (Å²) in [5.41, 5.74) is 1.74. The molecule has 1 unspecified atom stereocenters. The second-order valence-electron chi connectivity index (χ2n) is 7.37. The van der Waals surface area contributed by atoms with E-state index in [1.807, 2.05) is 23.6 Å². The molecule has 1 atom stereocenters. The Hall–Kier alpha value is -2.25. The summed E-state index contributed by atoms with van der Waals surface area (Å²) in [5, 5.41) is 12.1. The lowest BCUT2D eigenvalue weighted by Crippen LogP contribution is -2.33. The summed E-state index contributed by atoms with van der Waals surface area (Å²) in [6.45, 7) is 2.89. The van der Waals surface area contributed by atoms with Gasteiger partial charge in [-0.05, 0) is 49.9 Å². The van der Waals surface area contributed by atoms with Gasteiger partial charge in [-0.3, -0.25) is 9.59 Å². The van der Waals surface area contributed by atoms with Crippen molar-refractivity contribution in [2.45, 2.75) is 32.4 Å². The van der Waals surface area contributed by atoms with Crippen molar-refractivity contribution in [3.63, 3.8) is 0 Å². The number of nitrogens with zero attached hydrogens (tertiary/aromatic N) is 1. The van der Waals surface area contributed by atoms with Crippen LogP contribution in [0.5, 0.6) is 0 Å². The second-order valence-corrected chi connectivity index (χ2v) is 8.31. The highest BCUT2D eigenvalue weighted by Gasteiger charge is 2.57. The van der Waals surface area contributed by atoms with Crippen LogP contribution in [-0.2, 0) is 17.9 Å². The van der Waals surface area contributed by atoms with E-state index in [1.54, 1.807) is 12.1 Å². The molecule has 2 fully saturated rings. The standard InChI is InChI=1S/C20H24N4O2S/c25-18(14-4-2-1-3-5-14)23-12-17-24-15(13-27-17)11-22-19(26)16-10-20(16)6-8-21-9-7-20/h1-5,13,16,21H,6-12H2,(H,22,26)(H,23,25). The molecule has 2 aromatic rings. The third kappa shape index (κ3) is 4.20. The Morgan fingerprint density at radius 2 is 1.93 bits per heavy atom. The molecule has 27 heavy (non-hydrogen) atoms. The third-order valence-electron chi connectivity index (χ3n) is 5.58. The summed E-state index contributed by atoms with van der Waals surface area (Å²) >= 11 is 1.50. The highest BCUT2D eigenvalue weighted by molar-refractivity contribution is 7.09. The molecule has 4 rings (SSSR count). The van der Waals surface area contributed by atoms with E-state index in [1.165, 1.54) is 11.3 Å². The lowest BCUT2D eigenvalue weighted by molar-refractivity contribution is -0.123. The van der Waals surface area contributed by atoms with Gasteiger partial charge in [-0.2, -0.15) is 0 Å². The molecule has 1 aromatic heterocycles. The average Bonchev–Trinajstić information content (AvgIpc) is 3.20. The second kappa shape index (κ2) is 7.78. The van der Waals surface area contributed by atoms with Crippen LogP contribution in [0, 0.1) is 11.3 Å². The van der Waals surface area contributed by atoms with Gasteiger partial charge in [0.15, 0.2) is 0 Å². The lowest BCUT2D eigenvalue weighted by Gasteiger charge is -2.23. The van der Waals surface area contributed by atoms with Crippen LogP contribution in [0.15, 0.2) is 35.7 Å². The number of rotatable bonds is 6. The number of hydrogen-bond donors (Lipinski definition) is 3. The van der Waals surface area contributed by atoms with Gasteiger partial charge in [0.05, 0.1) is 18.8 Å². The fourth-order valence-electron chi connectivity index (χ4n) is 3.86. The maximum atomic E-state index is 12.4. The summed E-state index contributed by atoms with van der Waals surface area (Å²) in [6.07, 6.45) is 3.23. The summed E-state index contributed by atoms with van der Waals surface area (Å²) in [6, 6.07) is 9.13. The van der Waals surface area contributed by atoms with E-state index in [0.717, 1.165) is 43.1 Å². The number of carbonyl (C=O) groups excluding carboxylic acids is 2. The predicted octanol–water partition coefficient (Wildman–Crippen LogP) is 2.08. The minimum absolute atomic E-state index is 0.110. The van der Waals surface area contributed by atoms with Crippen molar-refractivity contribution < 1.29 is 9.59 Å². The van der Waals surface area contributed by atoms with Gasteiger partial charge in [0.2, 0.25) is 5.91 Å². The van der Waals surface area contributed by atoms with Gasteiger partial charge in [-0.1, -0.05) is 18.2 Å². The van der Waals surface area contributed by atoms with Crippen LogP contribution < -0.4 is 16.0 Å². The van der Waals surface area contributed by atoms with Crippen LogP contribution in [-0.4, -0.2) is 29.9 Å². The van der Waals surface area contributed by atoms with Crippen molar-refractivity contribution in [3.8, 4) is 0 Å². The van der Waals surface area contributed by atoms with Crippen LogP contribution in [0.25, 0.3) is 0 Å². The minimum atomic E-state index is -0.110. The molecule has 2 aliphatic rings. The Kier molecular flexibility index (Phi) is 5.22. The normalized spacial score (nSPS) is 20.2. The zero-order chi connectivity index (χ0) is 18.7. The largest absolute Gasteiger partial charge is 0.350 e. The molecule has 2 amide bonds. The average molecular weight is 385 g/mol. The van der Waals surface area contributed by atoms with Crippen molar-refractivity contribution >= 4 is 23.2 Å². The Balaban J connectivity index is 1.23. The topological polar surface area (TPSA) is 83.1 Å². The van der Waals surface area contributed by atoms with Crippen LogP contribution in [0.1, 0.15) is 40.3 Å². The van der Waals surface area contributed by atoms with Crippen molar-refractivity contribution in [3.05, 3.63) is 52.0 Å². The van der Waals surface area contributed by atoms with Gasteiger partial charge in [0.25, 0.3) is 5.91 Å². The monoisotopic (exact) mass is 384 g/mol. The molecular weight excluding hydrogens is 360 g/mol. The van der Waals surface area contributed by atoms with Crippen LogP contribution in [0.3, 0.4) is 0 Å². The number of hydrogen-bond acceptors (Lipinski definition) is 5. The molecule has 1 saturated carbocycles. The van der Waals surface area contributed by atoms with E-state index in [0.29, 0.717) is 18.7 Å². The van der Waals surface area contributed by atoms with Gasteiger partial charge >= 0.3 is 0 Å². The zero-order valence-electron chi connectivity index (χ0n) is 15.2. The maximum Gasteiger partial charge on any atom is 0.251 e. The fraction of sp³-hybridized carbons (Fsp3) is 0.450. The van der Waals surface area contributed by atoms with E-state index in [9.17, 15) is 9.59 Å². The summed E-state index contributed by atoms with van der Waals surface area (Å²) in [7, 11) is 0. The molecule has 1 spiro atoms. The SMILES string of the molecule is O=C(NCc1nc(CNC(=O)C2CC23CCNCC3)cs1)c1ccccc1. The molecule has 1 aromatic carbocycles. The smallest absolute Gasteiger partial charge is 0.251 e. The molecule has 1 aliphatic heterocycles. The van der Waals surface area contributed by atoms with Crippen LogP contribution >= 0.6 is 11.3 Å². The number of thiazole rings is 1. The zero-order valence-corrected chi connectivity index (χ0v) is 16.0. The van der Waals surface area contributed by atoms with Crippen molar-refractivity contribution in [2.24, 2.45) is 11.3 Å². The molecule has 142 valence electrons. The molecule has 7 heteroatoms. The molecule has 0 radical (unpaired) electrons. The minimum Gasteiger partial charge on any atom is -0.350 e. The highest BCUT2D eigenvalue weighted by atomic mass is 32.1. The molecule has 6 nitrogen and oxygen atoms in total. The molecular formula is C20H24N4O2S. The van der Waals surface area contributed by atoms with E-state index >= 15 is 0 Å². The number of piperidine rings is 1. The maximum absolute atomic E-state index is 12.4. The van der Waals surface area contributed by atoms with Crippen molar-refractivity contribution in [2.75, 3.05) is 13.1 Å². The number of carbonyl (C=O) groups is 2. The van der Waals surface area contributed by atoms with Crippen molar-refractivity contribution in [1.82, 2.24) is 20.9 Å². The summed E-state index contributed by atoms with van der Waals surface area (Å²) in [5.74, 6) is 0.216. The molecule has 3 N–H and O–H groups in total. The van der Waals surface area contributed by atoms with E-state index in [-0.39, 0.29) is 23.1 Å². The molecule has 2 heterocycles. The van der Waals surface area contributed by atoms with E-state index < -0.39 is 0 Å². The molecule has 1 saturated heterocycles. The van der Waals surface area contributed by atoms with Gasteiger partial charge in [-0.15, -0.1) is 11.3 Å². The summed E-state index contributed by atoms with van der Waals surface area (Å²) in [4.78, 5) is 29.0. The van der Waals surface area contributed by atoms with Gasteiger partial charge in [0.1, 0.15) is 5.01 Å². The number of benzene rings is 1. The Morgan fingerprint density at radius 3 is 2.70 bits per heavy atom. The first-order valence-corrected chi connectivity index (χ1v) is 10.3. The highest BCUT2D eigenvalue weighted by Crippen LogP contribution is 2.58. The number of nitrogens with one attached hydrogen (secondary N) is 3. The Morgan fingerprint density at radius 1 is 1.15 bits per heavy atom. The van der Waals surface area contributed by atoms with Gasteiger partial charge in [0, 0.05) is 16.9 Å². The predicted molar refractivity (Wildman–Crippen MR) is 104 cm³/mol. The van der Waals surface area contributed by atoms with E-state index in [4.69, 9.17) is 0 Å². The first kappa shape index (κ1) is 18.1. The van der Waals surface area contributed by atoms with Crippen LogP contribution in [0.2, 0.25) is 0 Å². The number of amides is 2. The Bertz CT molecular complexity index is 814. The van der Waals surface area contributed by atoms with E-state index in [2.05, 4.69) is 20.9 Å². The fourth-order valence-corrected chi connectivity index (χ4v) is 4.59. The number of aromatic nitrogens is 1. The summed E-state index contributed by atoms with van der Waals surface area (Å²) < 4.78 is 0. The first-order valence-electron chi connectivity index (χ1n) is 9.41. The molecule has 1 aliphatic carbocycles. The third-order valence-corrected chi connectivity index (χ3v) is 6.48. The van der Waals surface area contributed by atoms with Crippen LogP contribution in [0.4, 0.5) is 0 Å².